The summed E-state index contributed by atoms with van der Waals surface area (Å²) in [4.78, 5) is 11.1. The molecular weight excluding hydrogens is 401 g/mol. The van der Waals surface area contributed by atoms with E-state index in [1.807, 2.05) is 31.8 Å². The first-order valence-corrected chi connectivity index (χ1v) is 10.9. The lowest BCUT2D eigenvalue weighted by Crippen LogP contribution is -2.37. The molecule has 2 aliphatic rings. The van der Waals surface area contributed by atoms with Gasteiger partial charge in [-0.15, -0.1) is 11.8 Å². The van der Waals surface area contributed by atoms with Crippen molar-refractivity contribution in [1.82, 2.24) is 19.6 Å². The van der Waals surface area contributed by atoms with E-state index in [0.717, 1.165) is 34.7 Å². The van der Waals surface area contributed by atoms with Crippen LogP contribution in [0.25, 0.3) is 16.9 Å². The molecule has 2 unspecified atom stereocenters. The first kappa shape index (κ1) is 19.3. The van der Waals surface area contributed by atoms with Crippen molar-refractivity contribution >= 4 is 23.6 Å². The summed E-state index contributed by atoms with van der Waals surface area (Å²) in [5, 5.41) is 3.39. The minimum Gasteiger partial charge on any atom is -0.357 e. The third-order valence-corrected chi connectivity index (χ3v) is 6.45. The second-order valence-corrected chi connectivity index (χ2v) is 8.46. The summed E-state index contributed by atoms with van der Waals surface area (Å²) in [6.07, 6.45) is 9.59. The van der Waals surface area contributed by atoms with Crippen molar-refractivity contribution in [3.8, 4) is 11.3 Å². The summed E-state index contributed by atoms with van der Waals surface area (Å²) in [5.41, 5.74) is 4.40. The van der Waals surface area contributed by atoms with Gasteiger partial charge in [0.05, 0.1) is 18.5 Å². The number of aromatic nitrogens is 2. The van der Waals surface area contributed by atoms with E-state index >= 15 is 0 Å². The van der Waals surface area contributed by atoms with Crippen LogP contribution in [-0.2, 0) is 9.73 Å². The van der Waals surface area contributed by atoms with Crippen LogP contribution >= 0.6 is 11.8 Å². The second kappa shape index (κ2) is 7.54. The Balaban J connectivity index is 1.70. The van der Waals surface area contributed by atoms with Crippen LogP contribution in [0, 0.1) is 5.82 Å². The Morgan fingerprint density at radius 2 is 2.10 bits per heavy atom. The van der Waals surface area contributed by atoms with Crippen LogP contribution in [0.15, 0.2) is 59.9 Å². The average Bonchev–Trinajstić information content (AvgIpc) is 3.38. The Kier molecular flexibility index (Phi) is 4.85. The smallest absolute Gasteiger partial charge is 0.220 e. The standard InChI is InChI=1S/C22H22FN5OS/c1-27-13-18(29-14-27)16-8-11-28-19(12-16)26-20(15-4-6-17(23)7-5-15)21(28)22(30-2)24-9-3-10-25-22/h3-12,18,24H,13-14H2,1-2H3. The molecule has 3 aromatic rings. The highest BCUT2D eigenvalue weighted by atomic mass is 32.2. The Hall–Kier alpha value is -2.68. The van der Waals surface area contributed by atoms with Crippen molar-refractivity contribution < 1.29 is 9.13 Å². The van der Waals surface area contributed by atoms with Crippen LogP contribution in [0.5, 0.6) is 0 Å². The van der Waals surface area contributed by atoms with E-state index in [2.05, 4.69) is 26.8 Å². The van der Waals surface area contributed by atoms with Gasteiger partial charge in [0.15, 0.2) is 0 Å². The molecule has 0 radical (unpaired) electrons. The molecular formula is C22H22FN5OS. The Labute approximate surface area is 178 Å². The molecule has 0 spiro atoms. The van der Waals surface area contributed by atoms with Gasteiger partial charge < -0.3 is 10.1 Å². The highest BCUT2D eigenvalue weighted by Gasteiger charge is 2.37. The average molecular weight is 424 g/mol. The van der Waals surface area contributed by atoms with Crippen LogP contribution in [0.1, 0.15) is 17.4 Å². The van der Waals surface area contributed by atoms with Crippen molar-refractivity contribution in [3.05, 3.63) is 71.9 Å². The number of benzene rings is 1. The number of halogens is 1. The molecule has 0 saturated carbocycles. The van der Waals surface area contributed by atoms with Crippen LogP contribution in [0.3, 0.4) is 0 Å². The summed E-state index contributed by atoms with van der Waals surface area (Å²) in [6.45, 7) is 1.47. The van der Waals surface area contributed by atoms with Gasteiger partial charge >= 0.3 is 0 Å². The molecule has 4 heterocycles. The Morgan fingerprint density at radius 3 is 2.77 bits per heavy atom. The molecule has 6 nitrogen and oxygen atoms in total. The van der Waals surface area contributed by atoms with E-state index in [1.165, 1.54) is 12.1 Å². The number of fused-ring (bicyclic) bond motifs is 1. The van der Waals surface area contributed by atoms with E-state index in [4.69, 9.17) is 14.7 Å². The fourth-order valence-electron chi connectivity index (χ4n) is 3.93. The summed E-state index contributed by atoms with van der Waals surface area (Å²) in [5.74, 6) is -0.273. The Bertz CT molecular complexity index is 1140. The van der Waals surface area contributed by atoms with Crippen molar-refractivity contribution in [3.63, 3.8) is 0 Å². The maximum atomic E-state index is 13.6. The number of thioether (sulfide) groups is 1. The van der Waals surface area contributed by atoms with Crippen molar-refractivity contribution in [2.45, 2.75) is 11.1 Å². The van der Waals surface area contributed by atoms with Crippen LogP contribution in [-0.4, -0.2) is 47.1 Å². The number of ether oxygens (including phenoxy) is 1. The minimum absolute atomic E-state index is 0.0256. The number of imidazole rings is 1. The molecule has 0 aliphatic carbocycles. The van der Waals surface area contributed by atoms with Crippen LogP contribution < -0.4 is 5.32 Å². The zero-order chi connectivity index (χ0) is 20.7. The highest BCUT2D eigenvalue weighted by molar-refractivity contribution is 7.99. The fraction of sp³-hybridized carbons (Fsp3) is 0.273. The van der Waals surface area contributed by atoms with E-state index in [-0.39, 0.29) is 11.9 Å². The highest BCUT2D eigenvalue weighted by Crippen LogP contribution is 2.41. The summed E-state index contributed by atoms with van der Waals surface area (Å²) < 4.78 is 21.5. The lowest BCUT2D eigenvalue weighted by Gasteiger charge is -2.30. The molecule has 1 aromatic carbocycles. The summed E-state index contributed by atoms with van der Waals surface area (Å²) >= 11 is 1.58. The predicted molar refractivity (Wildman–Crippen MR) is 118 cm³/mol. The van der Waals surface area contributed by atoms with E-state index in [1.54, 1.807) is 30.1 Å². The van der Waals surface area contributed by atoms with Gasteiger partial charge in [0.2, 0.25) is 4.99 Å². The number of nitrogens with zero attached hydrogens (tertiary/aromatic N) is 4. The van der Waals surface area contributed by atoms with E-state index in [0.29, 0.717) is 6.73 Å². The third kappa shape index (κ3) is 3.21. The minimum atomic E-state index is -0.733. The Morgan fingerprint density at radius 1 is 1.27 bits per heavy atom. The van der Waals surface area contributed by atoms with E-state index in [9.17, 15) is 4.39 Å². The SMILES string of the molecule is CSC1(c2c(-c3ccc(F)cc3)nc3cc(C4CN(C)CO4)ccn23)N=CC=CN1. The lowest BCUT2D eigenvalue weighted by atomic mass is 10.1. The summed E-state index contributed by atoms with van der Waals surface area (Å²) in [6, 6.07) is 10.6. The van der Waals surface area contributed by atoms with Gasteiger partial charge in [-0.2, -0.15) is 0 Å². The first-order chi connectivity index (χ1) is 14.6. The number of allylic oxidation sites excluding steroid dienone is 1. The molecule has 1 fully saturated rings. The third-order valence-electron chi connectivity index (χ3n) is 5.45. The van der Waals surface area contributed by atoms with Gasteiger partial charge in [0.25, 0.3) is 0 Å². The summed E-state index contributed by atoms with van der Waals surface area (Å²) in [7, 11) is 2.04. The van der Waals surface area contributed by atoms with Crippen LogP contribution in [0.4, 0.5) is 4.39 Å². The topological polar surface area (TPSA) is 54.2 Å². The second-order valence-electron chi connectivity index (χ2n) is 7.46. The van der Waals surface area contributed by atoms with Gasteiger partial charge in [-0.1, -0.05) is 0 Å². The molecule has 8 heteroatoms. The van der Waals surface area contributed by atoms with Crippen molar-refractivity contribution in [1.29, 1.82) is 0 Å². The lowest BCUT2D eigenvalue weighted by molar-refractivity contribution is 0.0956. The quantitative estimate of drug-likeness (QED) is 0.693. The van der Waals surface area contributed by atoms with Crippen molar-refractivity contribution in [2.75, 3.05) is 26.6 Å². The van der Waals surface area contributed by atoms with Crippen molar-refractivity contribution in [2.24, 2.45) is 4.99 Å². The molecule has 154 valence electrons. The number of nitrogens with one attached hydrogen (secondary N) is 1. The molecule has 2 atom stereocenters. The normalized spacial score (nSPS) is 23.9. The molecule has 30 heavy (non-hydrogen) atoms. The van der Waals surface area contributed by atoms with E-state index < -0.39 is 4.99 Å². The maximum Gasteiger partial charge on any atom is 0.220 e. The molecule has 0 bridgehead atoms. The number of hydrogen-bond acceptors (Lipinski definition) is 6. The monoisotopic (exact) mass is 423 g/mol. The van der Waals surface area contributed by atoms with Gasteiger partial charge in [0, 0.05) is 30.7 Å². The number of rotatable bonds is 4. The first-order valence-electron chi connectivity index (χ1n) is 9.71. The molecule has 1 saturated heterocycles. The van der Waals surface area contributed by atoms with Gasteiger partial charge in [-0.3, -0.25) is 9.30 Å². The molecule has 1 N–H and O–H groups in total. The fourth-order valence-corrected chi connectivity index (χ4v) is 4.67. The van der Waals surface area contributed by atoms with Gasteiger partial charge in [-0.25, -0.2) is 14.4 Å². The van der Waals surface area contributed by atoms with Crippen LogP contribution in [0.2, 0.25) is 0 Å². The predicted octanol–water partition coefficient (Wildman–Crippen LogP) is 3.76. The van der Waals surface area contributed by atoms with Gasteiger partial charge in [0.1, 0.15) is 17.2 Å². The molecule has 2 aliphatic heterocycles. The zero-order valence-corrected chi connectivity index (χ0v) is 17.6. The number of pyridine rings is 1. The largest absolute Gasteiger partial charge is 0.357 e. The molecule has 5 rings (SSSR count). The maximum absolute atomic E-state index is 13.6. The molecule has 2 aromatic heterocycles. The number of aliphatic imine (C=N–C) groups is 1. The number of hydrogen-bond donors (Lipinski definition) is 1. The number of likely N-dealkylation sites (N-methyl/N-ethyl adjacent to an activating group) is 1. The van der Waals surface area contributed by atoms with Gasteiger partial charge in [-0.05, 0) is 61.3 Å². The molecule has 0 amide bonds. The zero-order valence-electron chi connectivity index (χ0n) is 16.7.